The van der Waals surface area contributed by atoms with Crippen molar-refractivity contribution in [3.63, 3.8) is 0 Å². The minimum absolute atomic E-state index is 0.216. The molecule has 0 saturated heterocycles. The minimum atomic E-state index is -5.61. The molecule has 4 aromatic rings. The van der Waals surface area contributed by atoms with Gasteiger partial charge in [-0.25, -0.2) is 4.98 Å². The Morgan fingerprint density at radius 1 is 0.889 bits per heavy atom. The number of fused-ring (bicyclic) bond motifs is 1. The number of imidazole rings is 1. The lowest BCUT2D eigenvalue weighted by atomic mass is 10.0. The Morgan fingerprint density at radius 2 is 1.58 bits per heavy atom. The average molecular weight is 527 g/mol. The number of aromatic nitrogens is 2. The van der Waals surface area contributed by atoms with E-state index in [2.05, 4.69) is 14.7 Å². The molecule has 3 aromatic carbocycles. The lowest BCUT2D eigenvalue weighted by molar-refractivity contribution is -0.274. The van der Waals surface area contributed by atoms with Gasteiger partial charge in [0.2, 0.25) is 0 Å². The van der Waals surface area contributed by atoms with Crippen molar-refractivity contribution >= 4 is 38.9 Å². The van der Waals surface area contributed by atoms with Crippen LogP contribution in [0.4, 0.5) is 32.0 Å². The molecule has 0 fully saturated rings. The Balaban J connectivity index is 1.58. The van der Waals surface area contributed by atoms with Gasteiger partial charge in [-0.15, -0.1) is 13.2 Å². The van der Waals surface area contributed by atoms with E-state index in [1.165, 1.54) is 42.5 Å². The second-order valence-electron chi connectivity index (χ2n) is 7.40. The van der Waals surface area contributed by atoms with E-state index in [9.17, 15) is 34.8 Å². The summed E-state index contributed by atoms with van der Waals surface area (Å²) in [7, 11) is -5.61. The lowest BCUT2D eigenvalue weighted by Gasteiger charge is -2.14. The molecule has 2 N–H and O–H groups in total. The van der Waals surface area contributed by atoms with Crippen LogP contribution in [0, 0.1) is 0 Å². The second-order valence-corrected chi connectivity index (χ2v) is 9.07. The first-order valence-electron chi connectivity index (χ1n) is 10.0. The summed E-state index contributed by atoms with van der Waals surface area (Å²) in [6.07, 6.45) is -1.59. The molecule has 1 heterocycles. The van der Waals surface area contributed by atoms with Crippen LogP contribution in [-0.2, 0) is 10.0 Å². The van der Waals surface area contributed by atoms with Crippen molar-refractivity contribution in [2.45, 2.75) is 11.9 Å². The largest absolute Gasteiger partial charge is 0.573 e. The van der Waals surface area contributed by atoms with Gasteiger partial charge in [0, 0.05) is 5.56 Å². The van der Waals surface area contributed by atoms with E-state index in [-0.39, 0.29) is 17.0 Å². The molecule has 6 nitrogen and oxygen atoms in total. The fourth-order valence-electron chi connectivity index (χ4n) is 3.25. The maximum absolute atomic E-state index is 12.8. The third kappa shape index (κ3) is 5.79. The van der Waals surface area contributed by atoms with Crippen molar-refractivity contribution < 1.29 is 39.5 Å². The molecule has 13 heteroatoms. The van der Waals surface area contributed by atoms with Gasteiger partial charge in [0.15, 0.2) is 0 Å². The van der Waals surface area contributed by atoms with Gasteiger partial charge in [0.05, 0.1) is 16.7 Å². The molecule has 0 saturated carbocycles. The first kappa shape index (κ1) is 25.1. The summed E-state index contributed by atoms with van der Waals surface area (Å²) in [4.78, 5) is 7.42. The number of nitrogens with zero attached hydrogens (tertiary/aromatic N) is 1. The highest BCUT2D eigenvalue weighted by molar-refractivity contribution is 7.93. The van der Waals surface area contributed by atoms with E-state index in [0.717, 1.165) is 0 Å². The third-order valence-electron chi connectivity index (χ3n) is 4.84. The van der Waals surface area contributed by atoms with Crippen LogP contribution >= 0.6 is 0 Å². The third-order valence-corrected chi connectivity index (χ3v) is 5.93. The topological polar surface area (TPSA) is 84.1 Å². The molecule has 4 rings (SSSR count). The highest BCUT2D eigenvalue weighted by atomic mass is 32.2. The number of hydrogen-bond donors (Lipinski definition) is 2. The molecule has 0 atom stereocenters. The van der Waals surface area contributed by atoms with Crippen molar-refractivity contribution in [2.75, 3.05) is 4.72 Å². The quantitative estimate of drug-likeness (QED) is 0.278. The molecule has 0 aliphatic carbocycles. The molecule has 0 radical (unpaired) electrons. The maximum Gasteiger partial charge on any atom is 0.573 e. The van der Waals surface area contributed by atoms with E-state index in [1.807, 2.05) is 0 Å². The molecule has 0 spiro atoms. The van der Waals surface area contributed by atoms with E-state index in [1.54, 1.807) is 41.1 Å². The number of alkyl halides is 6. The fraction of sp³-hybridized carbons (Fsp3) is 0.0870. The molecule has 0 aliphatic heterocycles. The van der Waals surface area contributed by atoms with Crippen LogP contribution in [0.3, 0.4) is 0 Å². The van der Waals surface area contributed by atoms with Gasteiger partial charge in [-0.1, -0.05) is 42.5 Å². The highest BCUT2D eigenvalue weighted by Gasteiger charge is 2.46. The monoisotopic (exact) mass is 527 g/mol. The van der Waals surface area contributed by atoms with Gasteiger partial charge in [-0.2, -0.15) is 21.6 Å². The standard InChI is InChI=1S/C23H15F6N3O3S/c24-22(25,26)35-16-9-5-14(6-10-16)7-12-21-30-19-11-8-15(13-20(19)31-21)17-3-1-2-4-18(17)32-36(33,34)23(27,28)29/h1-13,32H,(H,30,31)/b12-7+. The van der Waals surface area contributed by atoms with Crippen molar-refractivity contribution in [1.29, 1.82) is 0 Å². The zero-order chi connectivity index (χ0) is 26.1. The van der Waals surface area contributed by atoms with Crippen molar-refractivity contribution in [2.24, 2.45) is 0 Å². The number of ether oxygens (including phenoxy) is 1. The molecule has 1 aromatic heterocycles. The number of nitrogens with one attached hydrogen (secondary N) is 2. The van der Waals surface area contributed by atoms with Crippen molar-refractivity contribution in [3.05, 3.63) is 78.1 Å². The Morgan fingerprint density at radius 3 is 2.25 bits per heavy atom. The smallest absolute Gasteiger partial charge is 0.406 e. The average Bonchev–Trinajstić information content (AvgIpc) is 3.19. The molecule has 0 bridgehead atoms. The van der Waals surface area contributed by atoms with Gasteiger partial charge in [0.25, 0.3) is 0 Å². The SMILES string of the molecule is O=S(=O)(Nc1ccccc1-c1ccc2[nH]c(/C=C/c3ccc(OC(F)(F)F)cc3)nc2c1)C(F)(F)F. The molecule has 36 heavy (non-hydrogen) atoms. The molecule has 188 valence electrons. The minimum Gasteiger partial charge on any atom is -0.406 e. The number of halogens is 6. The maximum atomic E-state index is 12.8. The first-order chi connectivity index (χ1) is 16.8. The number of rotatable bonds is 6. The van der Waals surface area contributed by atoms with Gasteiger partial charge in [-0.05, 0) is 47.5 Å². The summed E-state index contributed by atoms with van der Waals surface area (Å²) >= 11 is 0. The molecule has 0 amide bonds. The van der Waals surface area contributed by atoms with Gasteiger partial charge < -0.3 is 9.72 Å². The van der Waals surface area contributed by atoms with Crippen LogP contribution < -0.4 is 9.46 Å². The fourth-order valence-corrected chi connectivity index (χ4v) is 3.84. The number of hydrogen-bond acceptors (Lipinski definition) is 4. The van der Waals surface area contributed by atoms with E-state index in [4.69, 9.17) is 0 Å². The Kier molecular flexibility index (Phi) is 6.43. The van der Waals surface area contributed by atoms with Gasteiger partial charge in [-0.3, -0.25) is 4.72 Å². The van der Waals surface area contributed by atoms with Crippen LogP contribution in [0.5, 0.6) is 5.75 Å². The van der Waals surface area contributed by atoms with Crippen molar-refractivity contribution in [1.82, 2.24) is 9.97 Å². The molecule has 0 aliphatic rings. The number of anilines is 1. The van der Waals surface area contributed by atoms with Crippen LogP contribution in [0.25, 0.3) is 34.3 Å². The number of sulfonamides is 1. The van der Waals surface area contributed by atoms with Gasteiger partial charge >= 0.3 is 21.9 Å². The molecular weight excluding hydrogens is 512 g/mol. The summed E-state index contributed by atoms with van der Waals surface area (Å²) in [6.45, 7) is 0. The van der Waals surface area contributed by atoms with E-state index in [0.29, 0.717) is 28.0 Å². The number of para-hydroxylation sites is 1. The van der Waals surface area contributed by atoms with Crippen LogP contribution in [0.2, 0.25) is 0 Å². The van der Waals surface area contributed by atoms with Crippen LogP contribution in [-0.4, -0.2) is 30.3 Å². The van der Waals surface area contributed by atoms with Crippen LogP contribution in [0.1, 0.15) is 11.4 Å². The molecule has 0 unspecified atom stereocenters. The zero-order valence-electron chi connectivity index (χ0n) is 17.9. The van der Waals surface area contributed by atoms with Crippen LogP contribution in [0.15, 0.2) is 66.7 Å². The Hall–Kier alpha value is -4.00. The molecular formula is C23H15F6N3O3S. The normalized spacial score (nSPS) is 12.8. The van der Waals surface area contributed by atoms with Gasteiger partial charge in [0.1, 0.15) is 11.6 Å². The number of aromatic amines is 1. The first-order valence-corrected chi connectivity index (χ1v) is 11.5. The zero-order valence-corrected chi connectivity index (χ0v) is 18.7. The summed E-state index contributed by atoms with van der Waals surface area (Å²) < 4.78 is 104. The Labute approximate surface area is 200 Å². The summed E-state index contributed by atoms with van der Waals surface area (Å²) in [6, 6.07) is 15.6. The Bertz CT molecular complexity index is 1530. The second kappa shape index (κ2) is 9.22. The summed E-state index contributed by atoms with van der Waals surface area (Å²) in [5.41, 5.74) is -3.45. The van der Waals surface area contributed by atoms with E-state index >= 15 is 0 Å². The van der Waals surface area contributed by atoms with E-state index < -0.39 is 21.9 Å². The number of benzene rings is 3. The summed E-state index contributed by atoms with van der Waals surface area (Å²) in [5.74, 6) is 0.0533. The number of H-pyrrole nitrogens is 1. The predicted molar refractivity (Wildman–Crippen MR) is 122 cm³/mol. The van der Waals surface area contributed by atoms with Crippen molar-refractivity contribution in [3.8, 4) is 16.9 Å². The lowest BCUT2D eigenvalue weighted by Crippen LogP contribution is -2.30. The predicted octanol–water partition coefficient (Wildman–Crippen LogP) is 6.56. The summed E-state index contributed by atoms with van der Waals surface area (Å²) in [5, 5.41) is 0. The highest BCUT2D eigenvalue weighted by Crippen LogP contribution is 2.33.